The highest BCUT2D eigenvalue weighted by atomic mass is 32.2. The summed E-state index contributed by atoms with van der Waals surface area (Å²) in [5, 5.41) is 10.0. The molecular formula is C13H26N4O2S. The Hall–Kier alpha value is -0.920. The number of H-pyrrole nitrogens is 1. The predicted molar refractivity (Wildman–Crippen MR) is 79.9 cm³/mol. The predicted octanol–water partition coefficient (Wildman–Crippen LogP) is 1.54. The minimum Gasteiger partial charge on any atom is -0.309 e. The highest BCUT2D eigenvalue weighted by Gasteiger charge is 2.24. The Morgan fingerprint density at radius 2 is 1.95 bits per heavy atom. The Balaban J connectivity index is 2.90. The van der Waals surface area contributed by atoms with Crippen molar-refractivity contribution in [3.63, 3.8) is 0 Å². The van der Waals surface area contributed by atoms with Crippen LogP contribution in [0.15, 0.2) is 4.90 Å². The number of aromatic nitrogens is 2. The largest absolute Gasteiger partial charge is 0.309 e. The number of nitrogens with zero attached hydrogens (tertiary/aromatic N) is 1. The molecule has 1 unspecified atom stereocenters. The summed E-state index contributed by atoms with van der Waals surface area (Å²) in [5.74, 6) is 0.314. The van der Waals surface area contributed by atoms with Gasteiger partial charge in [0.25, 0.3) is 0 Å². The summed E-state index contributed by atoms with van der Waals surface area (Å²) in [5.41, 5.74) is 1.11. The van der Waals surface area contributed by atoms with Gasteiger partial charge in [0.05, 0.1) is 11.4 Å². The lowest BCUT2D eigenvalue weighted by Gasteiger charge is -2.12. The van der Waals surface area contributed by atoms with Crippen molar-refractivity contribution in [3.8, 4) is 0 Å². The van der Waals surface area contributed by atoms with E-state index in [2.05, 4.69) is 20.2 Å². The molecule has 7 heteroatoms. The maximum absolute atomic E-state index is 12.4. The van der Waals surface area contributed by atoms with E-state index in [0.717, 1.165) is 6.42 Å². The molecule has 0 amide bonds. The summed E-state index contributed by atoms with van der Waals surface area (Å²) in [7, 11) is -3.52. The van der Waals surface area contributed by atoms with Gasteiger partial charge in [-0.15, -0.1) is 0 Å². The normalized spacial score (nSPS) is 13.9. The van der Waals surface area contributed by atoms with Crippen molar-refractivity contribution in [2.24, 2.45) is 5.92 Å². The summed E-state index contributed by atoms with van der Waals surface area (Å²) >= 11 is 0. The second kappa shape index (κ2) is 7.19. The minimum absolute atomic E-state index is 0.272. The van der Waals surface area contributed by atoms with Gasteiger partial charge in [-0.25, -0.2) is 13.1 Å². The van der Waals surface area contributed by atoms with E-state index in [1.54, 1.807) is 6.92 Å². The SMILES string of the molecule is CCC(C)CNS(=O)(=O)c1c(CNC(C)C)n[nH]c1C. The summed E-state index contributed by atoms with van der Waals surface area (Å²) in [4.78, 5) is 0.272. The third-order valence-corrected chi connectivity index (χ3v) is 4.85. The lowest BCUT2D eigenvalue weighted by Crippen LogP contribution is -2.30. The van der Waals surface area contributed by atoms with E-state index in [1.165, 1.54) is 0 Å². The van der Waals surface area contributed by atoms with Crippen LogP contribution in [0.3, 0.4) is 0 Å². The number of hydrogen-bond acceptors (Lipinski definition) is 4. The molecule has 0 saturated heterocycles. The standard InChI is InChI=1S/C13H26N4O2S/c1-6-10(4)7-15-20(18,19)13-11(5)16-17-12(13)8-14-9(2)3/h9-10,14-15H,6-8H2,1-5H3,(H,16,17). The fourth-order valence-corrected chi connectivity index (χ4v) is 3.24. The van der Waals surface area contributed by atoms with Gasteiger partial charge in [-0.1, -0.05) is 34.1 Å². The van der Waals surface area contributed by atoms with Crippen LogP contribution < -0.4 is 10.0 Å². The lowest BCUT2D eigenvalue weighted by atomic mass is 10.1. The van der Waals surface area contributed by atoms with Crippen LogP contribution in [0.5, 0.6) is 0 Å². The van der Waals surface area contributed by atoms with Crippen molar-refractivity contribution in [3.05, 3.63) is 11.4 Å². The van der Waals surface area contributed by atoms with Gasteiger partial charge in [0.2, 0.25) is 10.0 Å². The van der Waals surface area contributed by atoms with Gasteiger partial charge in [0.15, 0.2) is 0 Å². The Morgan fingerprint density at radius 1 is 1.30 bits per heavy atom. The highest BCUT2D eigenvalue weighted by molar-refractivity contribution is 7.89. The number of rotatable bonds is 8. The molecule has 0 aliphatic heterocycles. The number of nitrogens with one attached hydrogen (secondary N) is 3. The van der Waals surface area contributed by atoms with Crippen molar-refractivity contribution in [1.82, 2.24) is 20.2 Å². The molecule has 0 spiro atoms. The number of aromatic amines is 1. The van der Waals surface area contributed by atoms with Crippen LogP contribution in [0.2, 0.25) is 0 Å². The molecule has 6 nitrogen and oxygen atoms in total. The summed E-state index contributed by atoms with van der Waals surface area (Å²) in [6.07, 6.45) is 0.939. The van der Waals surface area contributed by atoms with Crippen LogP contribution in [0.25, 0.3) is 0 Å². The zero-order valence-corrected chi connectivity index (χ0v) is 13.8. The summed E-state index contributed by atoms with van der Waals surface area (Å²) < 4.78 is 27.5. The van der Waals surface area contributed by atoms with Crippen LogP contribution in [-0.2, 0) is 16.6 Å². The highest BCUT2D eigenvalue weighted by Crippen LogP contribution is 2.17. The molecule has 0 bridgehead atoms. The Kier molecular flexibility index (Phi) is 6.16. The first-order chi connectivity index (χ1) is 9.27. The molecule has 116 valence electrons. The number of hydrogen-bond donors (Lipinski definition) is 3. The summed E-state index contributed by atoms with van der Waals surface area (Å²) in [6, 6.07) is 0.274. The minimum atomic E-state index is -3.52. The average molecular weight is 302 g/mol. The average Bonchev–Trinajstić information content (AvgIpc) is 2.75. The molecule has 20 heavy (non-hydrogen) atoms. The molecule has 1 atom stereocenters. The molecule has 1 aromatic heterocycles. The number of aryl methyl sites for hydroxylation is 1. The topological polar surface area (TPSA) is 86.9 Å². The van der Waals surface area contributed by atoms with Gasteiger partial charge in [0.1, 0.15) is 4.90 Å². The smallest absolute Gasteiger partial charge is 0.244 e. The fourth-order valence-electron chi connectivity index (χ4n) is 1.72. The maximum atomic E-state index is 12.4. The summed E-state index contributed by atoms with van der Waals surface area (Å²) in [6.45, 7) is 10.7. The molecule has 0 fully saturated rings. The van der Waals surface area contributed by atoms with Crippen molar-refractivity contribution in [1.29, 1.82) is 0 Å². The number of sulfonamides is 1. The molecular weight excluding hydrogens is 276 g/mol. The van der Waals surface area contributed by atoms with E-state index in [9.17, 15) is 8.42 Å². The third-order valence-electron chi connectivity index (χ3n) is 3.23. The van der Waals surface area contributed by atoms with Crippen molar-refractivity contribution in [2.45, 2.75) is 58.5 Å². The zero-order valence-electron chi connectivity index (χ0n) is 12.9. The maximum Gasteiger partial charge on any atom is 0.244 e. The Labute approximate surface area is 121 Å². The van der Waals surface area contributed by atoms with E-state index in [1.807, 2.05) is 27.7 Å². The lowest BCUT2D eigenvalue weighted by molar-refractivity contribution is 0.526. The van der Waals surface area contributed by atoms with Gasteiger partial charge in [-0.05, 0) is 12.8 Å². The van der Waals surface area contributed by atoms with E-state index >= 15 is 0 Å². The van der Waals surface area contributed by atoms with Crippen molar-refractivity contribution >= 4 is 10.0 Å². The molecule has 0 aliphatic rings. The third kappa shape index (κ3) is 4.57. The molecule has 0 aliphatic carbocycles. The van der Waals surface area contributed by atoms with Gasteiger partial charge >= 0.3 is 0 Å². The van der Waals surface area contributed by atoms with Crippen LogP contribution in [-0.4, -0.2) is 31.2 Å². The van der Waals surface area contributed by atoms with Gasteiger partial charge in [0, 0.05) is 19.1 Å². The second-order valence-corrected chi connectivity index (χ2v) is 7.23. The van der Waals surface area contributed by atoms with Gasteiger partial charge in [-0.3, -0.25) is 5.10 Å². The first-order valence-electron chi connectivity index (χ1n) is 7.04. The Morgan fingerprint density at radius 3 is 2.50 bits per heavy atom. The molecule has 1 heterocycles. The first-order valence-corrected chi connectivity index (χ1v) is 8.53. The van der Waals surface area contributed by atoms with E-state index < -0.39 is 10.0 Å². The van der Waals surface area contributed by atoms with E-state index in [0.29, 0.717) is 30.4 Å². The quantitative estimate of drug-likeness (QED) is 0.680. The molecule has 1 aromatic rings. The Bertz CT molecular complexity index is 522. The van der Waals surface area contributed by atoms with Gasteiger partial charge in [-0.2, -0.15) is 5.10 Å². The molecule has 0 saturated carbocycles. The monoisotopic (exact) mass is 302 g/mol. The van der Waals surface area contributed by atoms with Crippen LogP contribution in [0, 0.1) is 12.8 Å². The van der Waals surface area contributed by atoms with Crippen LogP contribution in [0.4, 0.5) is 0 Å². The van der Waals surface area contributed by atoms with E-state index in [-0.39, 0.29) is 10.9 Å². The fraction of sp³-hybridized carbons (Fsp3) is 0.769. The second-order valence-electron chi connectivity index (χ2n) is 5.53. The zero-order chi connectivity index (χ0) is 15.3. The first kappa shape index (κ1) is 17.1. The van der Waals surface area contributed by atoms with Crippen molar-refractivity contribution in [2.75, 3.05) is 6.54 Å². The molecule has 3 N–H and O–H groups in total. The van der Waals surface area contributed by atoms with Crippen molar-refractivity contribution < 1.29 is 8.42 Å². The molecule has 0 radical (unpaired) electrons. The molecule has 0 aromatic carbocycles. The molecule has 1 rings (SSSR count). The van der Waals surface area contributed by atoms with Gasteiger partial charge < -0.3 is 5.32 Å². The van der Waals surface area contributed by atoms with Crippen LogP contribution >= 0.6 is 0 Å². The van der Waals surface area contributed by atoms with Crippen LogP contribution in [0.1, 0.15) is 45.5 Å². The van der Waals surface area contributed by atoms with E-state index in [4.69, 9.17) is 0 Å².